The summed E-state index contributed by atoms with van der Waals surface area (Å²) in [7, 11) is 0. The van der Waals surface area contributed by atoms with E-state index < -0.39 is 0 Å². The lowest BCUT2D eigenvalue weighted by Gasteiger charge is -2.06. The van der Waals surface area contributed by atoms with E-state index in [4.69, 9.17) is 4.74 Å². The summed E-state index contributed by atoms with van der Waals surface area (Å²) in [4.78, 5) is 10.2. The summed E-state index contributed by atoms with van der Waals surface area (Å²) in [5, 5.41) is 0. The molecule has 8 heavy (non-hydrogen) atoms. The molecule has 2 heteroatoms. The van der Waals surface area contributed by atoms with Gasteiger partial charge in [0, 0.05) is 6.92 Å². The second-order valence-electron chi connectivity index (χ2n) is 1.65. The molecule has 0 amide bonds. The second kappa shape index (κ2) is 3.47. The maximum Gasteiger partial charge on any atom is 0.302 e. The third-order valence-corrected chi connectivity index (χ3v) is 0.821. The van der Waals surface area contributed by atoms with Gasteiger partial charge in [-0.15, -0.1) is 0 Å². The lowest BCUT2D eigenvalue weighted by Crippen LogP contribution is -2.10. The maximum absolute atomic E-state index is 10.2. The summed E-state index contributed by atoms with van der Waals surface area (Å²) >= 11 is 0. The predicted molar refractivity (Wildman–Crippen MR) is 31.2 cm³/mol. The highest BCUT2D eigenvalue weighted by Crippen LogP contribution is 1.93. The van der Waals surface area contributed by atoms with E-state index in [1.807, 2.05) is 20.3 Å². The summed E-state index contributed by atoms with van der Waals surface area (Å²) in [5.41, 5.74) is 0. The Kier molecular flexibility index (Phi) is 3.24. The predicted octanol–water partition coefficient (Wildman–Crippen LogP) is 1.16. The van der Waals surface area contributed by atoms with Gasteiger partial charge in [0.05, 0.1) is 0 Å². The number of rotatable bonds is 2. The zero-order valence-corrected chi connectivity index (χ0v) is 5.47. The molecule has 0 saturated heterocycles. The summed E-state index contributed by atoms with van der Waals surface area (Å²) in [6.45, 7) is 5.08. The SMILES string of the molecule is C[CH][C@@H](C)OC(C)=O. The average molecular weight is 115 g/mol. The largest absolute Gasteiger partial charge is 0.463 e. The van der Waals surface area contributed by atoms with Gasteiger partial charge in [-0.2, -0.15) is 0 Å². The van der Waals surface area contributed by atoms with E-state index in [9.17, 15) is 4.79 Å². The molecule has 0 unspecified atom stereocenters. The van der Waals surface area contributed by atoms with Crippen LogP contribution in [0.5, 0.6) is 0 Å². The molecule has 0 fully saturated rings. The molecule has 0 aliphatic rings. The molecule has 0 spiro atoms. The minimum absolute atomic E-state index is 0.0486. The van der Waals surface area contributed by atoms with Crippen LogP contribution in [0, 0.1) is 6.42 Å². The van der Waals surface area contributed by atoms with Gasteiger partial charge in [0.25, 0.3) is 0 Å². The van der Waals surface area contributed by atoms with Gasteiger partial charge in [-0.3, -0.25) is 4.79 Å². The van der Waals surface area contributed by atoms with Crippen molar-refractivity contribution >= 4 is 5.97 Å². The minimum Gasteiger partial charge on any atom is -0.463 e. The van der Waals surface area contributed by atoms with Gasteiger partial charge in [0.15, 0.2) is 0 Å². The molecule has 1 radical (unpaired) electrons. The fourth-order valence-electron chi connectivity index (χ4n) is 0.330. The number of carbonyl (C=O) groups excluding carboxylic acids is 1. The highest BCUT2D eigenvalue weighted by atomic mass is 16.5. The smallest absolute Gasteiger partial charge is 0.302 e. The third kappa shape index (κ3) is 3.65. The van der Waals surface area contributed by atoms with Gasteiger partial charge in [0.1, 0.15) is 6.10 Å². The van der Waals surface area contributed by atoms with Gasteiger partial charge in [-0.25, -0.2) is 0 Å². The first-order valence-corrected chi connectivity index (χ1v) is 2.63. The molecule has 47 valence electrons. The number of carbonyl (C=O) groups is 1. The Morgan fingerprint density at radius 1 is 1.75 bits per heavy atom. The number of hydrogen-bond donors (Lipinski definition) is 0. The topological polar surface area (TPSA) is 26.3 Å². The molecule has 0 aromatic rings. The zero-order chi connectivity index (χ0) is 6.57. The van der Waals surface area contributed by atoms with Crippen molar-refractivity contribution in [3.63, 3.8) is 0 Å². The highest BCUT2D eigenvalue weighted by molar-refractivity contribution is 5.66. The van der Waals surface area contributed by atoms with E-state index in [1.165, 1.54) is 6.92 Å². The Morgan fingerprint density at radius 3 is 2.38 bits per heavy atom. The molecule has 0 N–H and O–H groups in total. The lowest BCUT2D eigenvalue weighted by molar-refractivity contribution is -0.144. The van der Waals surface area contributed by atoms with Crippen LogP contribution >= 0.6 is 0 Å². The van der Waals surface area contributed by atoms with Crippen molar-refractivity contribution in [1.29, 1.82) is 0 Å². The van der Waals surface area contributed by atoms with Gasteiger partial charge >= 0.3 is 5.97 Å². The molecular formula is C6H11O2. The van der Waals surface area contributed by atoms with E-state index in [-0.39, 0.29) is 12.1 Å². The van der Waals surface area contributed by atoms with E-state index in [1.54, 1.807) is 0 Å². The average Bonchev–Trinajstić information content (AvgIpc) is 1.65. The van der Waals surface area contributed by atoms with Crippen molar-refractivity contribution in [2.24, 2.45) is 0 Å². The van der Waals surface area contributed by atoms with Crippen molar-refractivity contribution < 1.29 is 9.53 Å². The maximum atomic E-state index is 10.2. The molecule has 0 aliphatic heterocycles. The molecule has 0 aromatic heterocycles. The highest BCUT2D eigenvalue weighted by Gasteiger charge is 1.99. The van der Waals surface area contributed by atoms with Crippen LogP contribution in [0.2, 0.25) is 0 Å². The summed E-state index contributed by atoms with van der Waals surface area (Å²) < 4.78 is 4.70. The summed E-state index contributed by atoms with van der Waals surface area (Å²) in [5.74, 6) is -0.226. The van der Waals surface area contributed by atoms with Crippen molar-refractivity contribution in [2.45, 2.75) is 26.9 Å². The van der Waals surface area contributed by atoms with Crippen LogP contribution in [-0.2, 0) is 9.53 Å². The number of ether oxygens (including phenoxy) is 1. The van der Waals surface area contributed by atoms with E-state index in [0.29, 0.717) is 0 Å². The van der Waals surface area contributed by atoms with E-state index >= 15 is 0 Å². The van der Waals surface area contributed by atoms with Crippen molar-refractivity contribution in [3.05, 3.63) is 6.42 Å². The minimum atomic E-state index is -0.226. The molecule has 0 saturated carbocycles. The van der Waals surface area contributed by atoms with Gasteiger partial charge in [-0.05, 0) is 13.3 Å². The molecular weight excluding hydrogens is 104 g/mol. The Balaban J connectivity index is 3.24. The van der Waals surface area contributed by atoms with Gasteiger partial charge in [-0.1, -0.05) is 6.92 Å². The van der Waals surface area contributed by atoms with Crippen LogP contribution in [-0.4, -0.2) is 12.1 Å². The van der Waals surface area contributed by atoms with Crippen molar-refractivity contribution in [1.82, 2.24) is 0 Å². The number of hydrogen-bond acceptors (Lipinski definition) is 2. The lowest BCUT2D eigenvalue weighted by atomic mass is 10.3. The summed E-state index contributed by atoms with van der Waals surface area (Å²) in [6, 6.07) is 0. The zero-order valence-electron chi connectivity index (χ0n) is 5.47. The van der Waals surface area contributed by atoms with Gasteiger partial charge < -0.3 is 4.74 Å². The van der Waals surface area contributed by atoms with Crippen LogP contribution in [0.4, 0.5) is 0 Å². The van der Waals surface area contributed by atoms with Crippen LogP contribution in [0.3, 0.4) is 0 Å². The van der Waals surface area contributed by atoms with Crippen molar-refractivity contribution in [2.75, 3.05) is 0 Å². The van der Waals surface area contributed by atoms with Crippen LogP contribution in [0.25, 0.3) is 0 Å². The molecule has 1 atom stereocenters. The Morgan fingerprint density at radius 2 is 2.25 bits per heavy atom. The fourth-order valence-corrected chi connectivity index (χ4v) is 0.330. The quantitative estimate of drug-likeness (QED) is 0.505. The molecule has 0 bridgehead atoms. The Hall–Kier alpha value is -0.530. The molecule has 0 aromatic carbocycles. The van der Waals surface area contributed by atoms with E-state index in [2.05, 4.69) is 0 Å². The number of esters is 1. The monoisotopic (exact) mass is 115 g/mol. The van der Waals surface area contributed by atoms with Crippen LogP contribution < -0.4 is 0 Å². The van der Waals surface area contributed by atoms with Crippen LogP contribution in [0.1, 0.15) is 20.8 Å². The summed E-state index contributed by atoms with van der Waals surface area (Å²) in [6.07, 6.45) is 1.77. The van der Waals surface area contributed by atoms with Crippen LogP contribution in [0.15, 0.2) is 0 Å². The molecule has 0 rings (SSSR count). The molecule has 0 aliphatic carbocycles. The first-order chi connectivity index (χ1) is 3.66. The second-order valence-corrected chi connectivity index (χ2v) is 1.65. The van der Waals surface area contributed by atoms with E-state index in [0.717, 1.165) is 0 Å². The van der Waals surface area contributed by atoms with Gasteiger partial charge in [0.2, 0.25) is 0 Å². The normalized spacial score (nSPS) is 12.9. The standard InChI is InChI=1S/C6H11O2/c1-4-5(2)8-6(3)7/h4-5H,1-3H3/t5-/m1/s1. The Labute approximate surface area is 49.8 Å². The fraction of sp³-hybridized carbons (Fsp3) is 0.667. The Bertz CT molecular complexity index is 78.6. The first kappa shape index (κ1) is 7.47. The van der Waals surface area contributed by atoms with Crippen molar-refractivity contribution in [3.8, 4) is 0 Å². The first-order valence-electron chi connectivity index (χ1n) is 2.63. The third-order valence-electron chi connectivity index (χ3n) is 0.821. The molecule has 2 nitrogen and oxygen atoms in total. The molecule has 0 heterocycles.